The minimum atomic E-state index is -0.286. The van der Waals surface area contributed by atoms with Crippen LogP contribution in [-0.4, -0.2) is 6.54 Å². The van der Waals surface area contributed by atoms with Crippen molar-refractivity contribution in [1.29, 1.82) is 0 Å². The summed E-state index contributed by atoms with van der Waals surface area (Å²) in [6.45, 7) is 0.930. The van der Waals surface area contributed by atoms with E-state index in [0.29, 0.717) is 5.02 Å². The summed E-state index contributed by atoms with van der Waals surface area (Å²) in [5.74, 6) is 0.493. The first-order chi connectivity index (χ1) is 6.24. The maximum atomic E-state index is 12.8. The van der Waals surface area contributed by atoms with Gasteiger partial charge in [-0.3, -0.25) is 0 Å². The summed E-state index contributed by atoms with van der Waals surface area (Å²) in [6, 6.07) is 4.52. The van der Waals surface area contributed by atoms with Gasteiger partial charge >= 0.3 is 0 Å². The Hall–Kier alpha value is -0.760. The van der Waals surface area contributed by atoms with Gasteiger partial charge in [0, 0.05) is 17.3 Å². The van der Waals surface area contributed by atoms with Gasteiger partial charge in [0.05, 0.1) is 0 Å². The fourth-order valence-corrected chi connectivity index (χ4v) is 1.46. The van der Waals surface area contributed by atoms with Gasteiger partial charge < -0.3 is 5.32 Å². The lowest BCUT2D eigenvalue weighted by Gasteiger charge is -2.05. The predicted molar refractivity (Wildman–Crippen MR) is 52.6 cm³/mol. The Morgan fingerprint density at radius 2 is 2.15 bits per heavy atom. The van der Waals surface area contributed by atoms with E-state index in [1.54, 1.807) is 6.07 Å². The Morgan fingerprint density at radius 1 is 1.38 bits per heavy atom. The van der Waals surface area contributed by atoms with E-state index in [1.165, 1.54) is 25.0 Å². The number of nitrogens with one attached hydrogen (secondary N) is 1. The fourth-order valence-electron chi connectivity index (χ4n) is 1.24. The van der Waals surface area contributed by atoms with E-state index in [0.717, 1.165) is 18.2 Å². The first kappa shape index (κ1) is 8.82. The largest absolute Gasteiger partial charge is 0.385 e. The fraction of sp³-hybridized carbons (Fsp3) is 0.400. The van der Waals surface area contributed by atoms with Crippen LogP contribution in [0.2, 0.25) is 5.02 Å². The monoisotopic (exact) mass is 199 g/mol. The van der Waals surface area contributed by atoms with Gasteiger partial charge in [0.1, 0.15) is 5.82 Å². The standard InChI is InChI=1S/C10H11ClFN/c11-8-3-9(12)5-10(4-8)13-6-7-1-2-7/h3-5,7,13H,1-2,6H2. The van der Waals surface area contributed by atoms with E-state index in [-0.39, 0.29) is 5.82 Å². The van der Waals surface area contributed by atoms with Crippen molar-refractivity contribution < 1.29 is 4.39 Å². The average molecular weight is 200 g/mol. The highest BCUT2D eigenvalue weighted by atomic mass is 35.5. The highest BCUT2D eigenvalue weighted by Gasteiger charge is 2.20. The van der Waals surface area contributed by atoms with Gasteiger partial charge in [-0.25, -0.2) is 4.39 Å². The van der Waals surface area contributed by atoms with Gasteiger partial charge in [-0.1, -0.05) is 11.6 Å². The molecule has 2 rings (SSSR count). The Morgan fingerprint density at radius 3 is 2.77 bits per heavy atom. The second-order valence-electron chi connectivity index (χ2n) is 3.48. The van der Waals surface area contributed by atoms with E-state index in [9.17, 15) is 4.39 Å². The lowest BCUT2D eigenvalue weighted by molar-refractivity contribution is 0.628. The molecule has 0 unspecified atom stereocenters. The minimum Gasteiger partial charge on any atom is -0.385 e. The highest BCUT2D eigenvalue weighted by Crippen LogP contribution is 2.29. The predicted octanol–water partition coefficient (Wildman–Crippen LogP) is 3.30. The van der Waals surface area contributed by atoms with E-state index >= 15 is 0 Å². The molecule has 1 fully saturated rings. The average Bonchev–Trinajstić information content (AvgIpc) is 2.81. The molecule has 3 heteroatoms. The van der Waals surface area contributed by atoms with Crippen LogP contribution in [0.25, 0.3) is 0 Å². The van der Waals surface area contributed by atoms with Gasteiger partial charge in [-0.15, -0.1) is 0 Å². The molecule has 1 N–H and O–H groups in total. The topological polar surface area (TPSA) is 12.0 Å². The van der Waals surface area contributed by atoms with Crippen LogP contribution in [0, 0.1) is 11.7 Å². The molecule has 1 nitrogen and oxygen atoms in total. The number of halogens is 2. The summed E-state index contributed by atoms with van der Waals surface area (Å²) < 4.78 is 12.8. The van der Waals surface area contributed by atoms with Crippen LogP contribution in [0.15, 0.2) is 18.2 Å². The number of benzene rings is 1. The zero-order valence-electron chi connectivity index (χ0n) is 7.19. The van der Waals surface area contributed by atoms with Crippen molar-refractivity contribution in [3.05, 3.63) is 29.0 Å². The van der Waals surface area contributed by atoms with Gasteiger partial charge in [-0.2, -0.15) is 0 Å². The van der Waals surface area contributed by atoms with Gasteiger partial charge in [0.2, 0.25) is 0 Å². The summed E-state index contributed by atoms with van der Waals surface area (Å²) in [5, 5.41) is 3.61. The second-order valence-corrected chi connectivity index (χ2v) is 3.92. The maximum absolute atomic E-state index is 12.8. The highest BCUT2D eigenvalue weighted by molar-refractivity contribution is 6.30. The first-order valence-corrected chi connectivity index (χ1v) is 4.82. The molecule has 0 amide bonds. The molecule has 0 aliphatic heterocycles. The first-order valence-electron chi connectivity index (χ1n) is 4.44. The summed E-state index contributed by atoms with van der Waals surface area (Å²) in [4.78, 5) is 0. The molecular weight excluding hydrogens is 189 g/mol. The molecule has 13 heavy (non-hydrogen) atoms. The van der Waals surface area contributed by atoms with E-state index < -0.39 is 0 Å². The summed E-state index contributed by atoms with van der Waals surface area (Å²) in [6.07, 6.45) is 2.58. The molecule has 1 aromatic carbocycles. The molecule has 70 valence electrons. The quantitative estimate of drug-likeness (QED) is 0.788. The molecule has 0 atom stereocenters. The summed E-state index contributed by atoms with van der Waals surface area (Å²) in [5.41, 5.74) is 0.775. The van der Waals surface area contributed by atoms with Crippen LogP contribution in [0.1, 0.15) is 12.8 Å². The van der Waals surface area contributed by atoms with Crippen LogP contribution < -0.4 is 5.32 Å². The van der Waals surface area contributed by atoms with Crippen LogP contribution in [0.3, 0.4) is 0 Å². The molecule has 0 radical (unpaired) electrons. The molecule has 0 aromatic heterocycles. The summed E-state index contributed by atoms with van der Waals surface area (Å²) >= 11 is 5.70. The third kappa shape index (κ3) is 2.59. The van der Waals surface area contributed by atoms with Crippen molar-refractivity contribution in [3.63, 3.8) is 0 Å². The number of rotatable bonds is 3. The normalized spacial score (nSPS) is 15.8. The van der Waals surface area contributed by atoms with Crippen molar-refractivity contribution >= 4 is 17.3 Å². The van der Waals surface area contributed by atoms with Gasteiger partial charge in [0.15, 0.2) is 0 Å². The minimum absolute atomic E-state index is 0.286. The van der Waals surface area contributed by atoms with Crippen molar-refractivity contribution in [2.45, 2.75) is 12.8 Å². The Bertz CT molecular complexity index is 290. The van der Waals surface area contributed by atoms with Crippen molar-refractivity contribution in [2.24, 2.45) is 5.92 Å². The third-order valence-corrected chi connectivity index (χ3v) is 2.37. The Labute approximate surface area is 81.9 Å². The zero-order valence-corrected chi connectivity index (χ0v) is 7.94. The van der Waals surface area contributed by atoms with Crippen LogP contribution in [-0.2, 0) is 0 Å². The maximum Gasteiger partial charge on any atom is 0.126 e. The van der Waals surface area contributed by atoms with Crippen molar-refractivity contribution in [1.82, 2.24) is 0 Å². The van der Waals surface area contributed by atoms with Crippen molar-refractivity contribution in [3.8, 4) is 0 Å². The number of hydrogen-bond donors (Lipinski definition) is 1. The van der Waals surface area contributed by atoms with Gasteiger partial charge in [0.25, 0.3) is 0 Å². The lowest BCUT2D eigenvalue weighted by atomic mass is 10.3. The summed E-state index contributed by atoms with van der Waals surface area (Å²) in [7, 11) is 0. The molecule has 1 saturated carbocycles. The third-order valence-electron chi connectivity index (χ3n) is 2.15. The smallest absolute Gasteiger partial charge is 0.126 e. The Balaban J connectivity index is 2.01. The molecule has 1 aromatic rings. The Kier molecular flexibility index (Phi) is 2.40. The number of hydrogen-bond acceptors (Lipinski definition) is 1. The molecule has 0 bridgehead atoms. The SMILES string of the molecule is Fc1cc(Cl)cc(NCC2CC2)c1. The second kappa shape index (κ2) is 3.54. The molecule has 1 aliphatic rings. The molecule has 0 spiro atoms. The van der Waals surface area contributed by atoms with Crippen molar-refractivity contribution in [2.75, 3.05) is 11.9 Å². The number of anilines is 1. The van der Waals surface area contributed by atoms with Crippen LogP contribution >= 0.6 is 11.6 Å². The molecule has 0 saturated heterocycles. The van der Waals surface area contributed by atoms with E-state index in [4.69, 9.17) is 11.6 Å². The molecule has 1 aliphatic carbocycles. The van der Waals surface area contributed by atoms with E-state index in [1.807, 2.05) is 0 Å². The zero-order chi connectivity index (χ0) is 9.26. The van der Waals surface area contributed by atoms with Crippen LogP contribution in [0.4, 0.5) is 10.1 Å². The van der Waals surface area contributed by atoms with Crippen LogP contribution in [0.5, 0.6) is 0 Å². The van der Waals surface area contributed by atoms with Gasteiger partial charge in [-0.05, 0) is 37.0 Å². The molecule has 0 heterocycles. The lowest BCUT2D eigenvalue weighted by Crippen LogP contribution is -2.03. The van der Waals surface area contributed by atoms with E-state index in [2.05, 4.69) is 5.32 Å². The molecular formula is C10H11ClFN.